The van der Waals surface area contributed by atoms with E-state index in [4.69, 9.17) is 27.9 Å². The number of rotatable bonds is 6. The number of halogens is 4. The Balaban J connectivity index is 1.64. The number of carboxylic acids is 1. The predicted octanol–water partition coefficient (Wildman–Crippen LogP) is 6.55. The van der Waals surface area contributed by atoms with Crippen molar-refractivity contribution in [2.45, 2.75) is 13.2 Å². The average Bonchev–Trinajstić information content (AvgIpc) is 3.13. The minimum atomic E-state index is -1.03. The second-order valence-electron chi connectivity index (χ2n) is 6.89. The van der Waals surface area contributed by atoms with Crippen molar-refractivity contribution in [3.8, 4) is 5.75 Å². The maximum Gasteiger partial charge on any atom is 0.336 e. The van der Waals surface area contributed by atoms with Crippen LogP contribution in [0.3, 0.4) is 0 Å². The molecule has 0 saturated heterocycles. The summed E-state index contributed by atoms with van der Waals surface area (Å²) in [6, 6.07) is 13.8. The van der Waals surface area contributed by atoms with E-state index in [-0.39, 0.29) is 17.2 Å². The molecule has 4 aromatic rings. The predicted molar refractivity (Wildman–Crippen MR) is 115 cm³/mol. The van der Waals surface area contributed by atoms with E-state index in [1.165, 1.54) is 0 Å². The molecule has 0 aliphatic carbocycles. The van der Waals surface area contributed by atoms with Crippen LogP contribution < -0.4 is 4.74 Å². The van der Waals surface area contributed by atoms with Crippen molar-refractivity contribution in [2.75, 3.05) is 0 Å². The van der Waals surface area contributed by atoms with Gasteiger partial charge in [0.15, 0.2) is 11.6 Å². The van der Waals surface area contributed by atoms with E-state index in [1.807, 2.05) is 10.6 Å². The maximum atomic E-state index is 13.6. The van der Waals surface area contributed by atoms with Crippen molar-refractivity contribution in [3.05, 3.63) is 99.2 Å². The quantitative estimate of drug-likeness (QED) is 0.331. The molecule has 8 heteroatoms. The van der Waals surface area contributed by atoms with Gasteiger partial charge in [-0.2, -0.15) is 0 Å². The molecular weight excluding hydrogens is 447 g/mol. The van der Waals surface area contributed by atoms with E-state index in [9.17, 15) is 18.7 Å². The third-order valence-corrected chi connectivity index (χ3v) is 5.47. The van der Waals surface area contributed by atoms with Gasteiger partial charge >= 0.3 is 5.97 Å². The molecule has 0 aliphatic heterocycles. The number of carbonyl (C=O) groups is 1. The number of nitrogens with zero attached hydrogens (tertiary/aromatic N) is 1. The van der Waals surface area contributed by atoms with Gasteiger partial charge in [0.05, 0.1) is 17.1 Å². The minimum absolute atomic E-state index is 0.0621. The summed E-state index contributed by atoms with van der Waals surface area (Å²) in [5.74, 6) is -2.55. The molecule has 158 valence electrons. The van der Waals surface area contributed by atoms with Gasteiger partial charge in [0.1, 0.15) is 12.4 Å². The van der Waals surface area contributed by atoms with Gasteiger partial charge in [-0.3, -0.25) is 0 Å². The van der Waals surface area contributed by atoms with E-state index in [2.05, 4.69) is 0 Å². The van der Waals surface area contributed by atoms with Crippen molar-refractivity contribution >= 4 is 40.1 Å². The van der Waals surface area contributed by atoms with Crippen LogP contribution in [0.2, 0.25) is 10.0 Å². The summed E-state index contributed by atoms with van der Waals surface area (Å²) < 4.78 is 34.6. The second-order valence-corrected chi connectivity index (χ2v) is 7.73. The number of aromatic carboxylic acids is 1. The molecule has 3 aromatic carbocycles. The van der Waals surface area contributed by atoms with Crippen LogP contribution in [0.5, 0.6) is 5.75 Å². The van der Waals surface area contributed by atoms with Crippen LogP contribution in [-0.4, -0.2) is 15.6 Å². The van der Waals surface area contributed by atoms with Gasteiger partial charge in [-0.1, -0.05) is 29.3 Å². The zero-order valence-electron chi connectivity index (χ0n) is 15.9. The monoisotopic (exact) mass is 461 g/mol. The fourth-order valence-electron chi connectivity index (χ4n) is 3.37. The molecule has 1 N–H and O–H groups in total. The van der Waals surface area contributed by atoms with Crippen molar-refractivity contribution in [1.29, 1.82) is 0 Å². The lowest BCUT2D eigenvalue weighted by Gasteiger charge is -2.14. The molecular formula is C23H15Cl2F2NO3. The molecule has 31 heavy (non-hydrogen) atoms. The van der Waals surface area contributed by atoms with Crippen molar-refractivity contribution in [1.82, 2.24) is 4.57 Å². The van der Waals surface area contributed by atoms with E-state index < -0.39 is 17.6 Å². The molecule has 0 unspecified atom stereocenters. The highest BCUT2D eigenvalue weighted by molar-refractivity contribution is 6.31. The molecule has 0 atom stereocenters. The van der Waals surface area contributed by atoms with Gasteiger partial charge in [0, 0.05) is 33.2 Å². The Labute approximate surface area is 186 Å². The number of ether oxygens (including phenoxy) is 1. The van der Waals surface area contributed by atoms with Gasteiger partial charge in [-0.05, 0) is 48.5 Å². The summed E-state index contributed by atoms with van der Waals surface area (Å²) in [6.07, 6.45) is 1.79. The first-order valence-corrected chi connectivity index (χ1v) is 9.95. The highest BCUT2D eigenvalue weighted by Crippen LogP contribution is 2.29. The Morgan fingerprint density at radius 3 is 2.55 bits per heavy atom. The fraction of sp³-hybridized carbons (Fsp3) is 0.0870. The third kappa shape index (κ3) is 4.36. The molecule has 0 saturated carbocycles. The van der Waals surface area contributed by atoms with Crippen LogP contribution in [-0.2, 0) is 13.2 Å². The molecule has 0 aliphatic rings. The number of fused-ring (bicyclic) bond motifs is 1. The Morgan fingerprint density at radius 2 is 1.77 bits per heavy atom. The third-order valence-electron chi connectivity index (χ3n) is 4.88. The van der Waals surface area contributed by atoms with Crippen LogP contribution in [0.15, 0.2) is 60.8 Å². The van der Waals surface area contributed by atoms with Crippen LogP contribution in [0.1, 0.15) is 21.5 Å². The van der Waals surface area contributed by atoms with Crippen molar-refractivity contribution in [3.63, 3.8) is 0 Å². The van der Waals surface area contributed by atoms with Crippen LogP contribution in [0.4, 0.5) is 8.78 Å². The minimum Gasteiger partial charge on any atom is -0.488 e. The zero-order valence-corrected chi connectivity index (χ0v) is 17.4. The normalized spacial score (nSPS) is 11.1. The first-order chi connectivity index (χ1) is 14.8. The summed E-state index contributed by atoms with van der Waals surface area (Å²) >= 11 is 12.2. The Kier molecular flexibility index (Phi) is 5.85. The lowest BCUT2D eigenvalue weighted by atomic mass is 10.1. The van der Waals surface area contributed by atoms with Gasteiger partial charge in [-0.25, -0.2) is 13.6 Å². The molecule has 1 aromatic heterocycles. The van der Waals surface area contributed by atoms with E-state index in [0.717, 1.165) is 23.2 Å². The summed E-state index contributed by atoms with van der Waals surface area (Å²) in [5, 5.41) is 10.6. The highest BCUT2D eigenvalue weighted by Gasteiger charge is 2.14. The van der Waals surface area contributed by atoms with E-state index in [1.54, 1.807) is 42.6 Å². The summed E-state index contributed by atoms with van der Waals surface area (Å²) in [5.41, 5.74) is 1.99. The highest BCUT2D eigenvalue weighted by atomic mass is 35.5. The standard InChI is InChI=1S/C23H15Cl2F2NO3/c24-15-4-5-22(31-12-14-9-19(26)20(27)10-18(14)25)13(8-15)11-28-7-6-16-17(23(29)30)2-1-3-21(16)28/h1-10H,11-12H2,(H,29,30). The number of hydrogen-bond acceptors (Lipinski definition) is 2. The summed E-state index contributed by atoms with van der Waals surface area (Å²) in [6.45, 7) is 0.286. The molecule has 1 heterocycles. The van der Waals surface area contributed by atoms with Gasteiger partial charge < -0.3 is 14.4 Å². The van der Waals surface area contributed by atoms with E-state index >= 15 is 0 Å². The molecule has 0 fully saturated rings. The average molecular weight is 462 g/mol. The van der Waals surface area contributed by atoms with Gasteiger partial charge in [0.2, 0.25) is 0 Å². The maximum absolute atomic E-state index is 13.6. The molecule has 4 nitrogen and oxygen atoms in total. The number of benzene rings is 3. The smallest absolute Gasteiger partial charge is 0.336 e. The Bertz CT molecular complexity index is 1300. The Morgan fingerprint density at radius 1 is 1.00 bits per heavy atom. The first kappa shape index (κ1) is 21.2. The van der Waals surface area contributed by atoms with E-state index in [0.29, 0.717) is 28.3 Å². The SMILES string of the molecule is O=C(O)c1cccc2c1ccn2Cc1cc(Cl)ccc1OCc1cc(F)c(F)cc1Cl. The molecule has 0 bridgehead atoms. The summed E-state index contributed by atoms with van der Waals surface area (Å²) in [7, 11) is 0. The number of hydrogen-bond donors (Lipinski definition) is 1. The van der Waals surface area contributed by atoms with Crippen LogP contribution >= 0.6 is 23.2 Å². The topological polar surface area (TPSA) is 51.5 Å². The number of carboxylic acid groups (broad SMARTS) is 1. The number of aromatic nitrogens is 1. The zero-order chi connectivity index (χ0) is 22.1. The van der Waals surface area contributed by atoms with Gasteiger partial charge in [0.25, 0.3) is 0 Å². The van der Waals surface area contributed by atoms with Gasteiger partial charge in [-0.15, -0.1) is 0 Å². The lowest BCUT2D eigenvalue weighted by Crippen LogP contribution is -2.04. The first-order valence-electron chi connectivity index (χ1n) is 9.19. The molecule has 0 spiro atoms. The molecule has 4 rings (SSSR count). The Hall–Kier alpha value is -3.09. The van der Waals surface area contributed by atoms with Crippen molar-refractivity contribution in [2.24, 2.45) is 0 Å². The van der Waals surface area contributed by atoms with Crippen molar-refractivity contribution < 1.29 is 23.4 Å². The lowest BCUT2D eigenvalue weighted by molar-refractivity contribution is 0.0699. The van der Waals surface area contributed by atoms with Crippen LogP contribution in [0, 0.1) is 11.6 Å². The molecule has 0 amide bonds. The molecule has 0 radical (unpaired) electrons. The largest absolute Gasteiger partial charge is 0.488 e. The van der Waals surface area contributed by atoms with Crippen LogP contribution in [0.25, 0.3) is 10.9 Å². The fourth-order valence-corrected chi connectivity index (χ4v) is 3.77. The second kappa shape index (κ2) is 8.57. The summed E-state index contributed by atoms with van der Waals surface area (Å²) in [4.78, 5) is 11.5.